The number of aryl methyl sites for hydroxylation is 3. The molecule has 12 aromatic rings. The predicted molar refractivity (Wildman–Crippen MR) is 431 cm³/mol. The van der Waals surface area contributed by atoms with Crippen LogP contribution in [0.25, 0.3) is 23.1 Å². The lowest BCUT2D eigenvalue weighted by molar-refractivity contribution is -0.139. The molecular formula is C87H85F15N22O4. The fourth-order valence-electron chi connectivity index (χ4n) is 19.8. The molecule has 0 N–H and O–H groups in total. The summed E-state index contributed by atoms with van der Waals surface area (Å²) in [6.45, 7) is 11.3. The molecule has 4 amide bonds. The van der Waals surface area contributed by atoms with Crippen LogP contribution in [0.1, 0.15) is 170 Å². The molecule has 128 heavy (non-hydrogen) atoms. The summed E-state index contributed by atoms with van der Waals surface area (Å²) in [5, 5.41) is 17.0. The second-order valence-electron chi connectivity index (χ2n) is 34.2. The van der Waals surface area contributed by atoms with Crippen LogP contribution in [0, 0.1) is 64.8 Å². The van der Waals surface area contributed by atoms with Gasteiger partial charge in [0.25, 0.3) is 46.7 Å². The van der Waals surface area contributed by atoms with Gasteiger partial charge in [-0.05, 0) is 181 Å². The zero-order chi connectivity index (χ0) is 90.2. The maximum atomic E-state index is 13.7. The number of likely N-dealkylation sites (tertiary alicyclic amines) is 4. The van der Waals surface area contributed by atoms with Crippen LogP contribution in [-0.4, -0.2) is 200 Å². The van der Waals surface area contributed by atoms with Gasteiger partial charge in [0.2, 0.25) is 23.3 Å². The number of nitrogens with zero attached hydrogens (tertiary/aromatic N) is 22. The molecule has 0 spiro atoms. The average Bonchev–Trinajstić information content (AvgIpc) is 1.60. The third-order valence-corrected chi connectivity index (χ3v) is 25.5. The van der Waals surface area contributed by atoms with Crippen LogP contribution in [0.5, 0.6) is 0 Å². The van der Waals surface area contributed by atoms with Crippen molar-refractivity contribution in [2.75, 3.05) is 88.3 Å². The Morgan fingerprint density at radius 2 is 0.648 bits per heavy atom. The number of para-hydroxylation sites is 1. The Kier molecular flexibility index (Phi) is 23.9. The highest BCUT2D eigenvalue weighted by atomic mass is 19.4. The number of benzene rings is 4. The summed E-state index contributed by atoms with van der Waals surface area (Å²) < 4.78 is 208. The van der Waals surface area contributed by atoms with Crippen molar-refractivity contribution in [2.45, 2.75) is 122 Å². The molecule has 20 rings (SSSR count). The maximum absolute atomic E-state index is 13.7. The van der Waals surface area contributed by atoms with E-state index in [1.54, 1.807) is 72.5 Å². The van der Waals surface area contributed by atoms with Gasteiger partial charge in [-0.3, -0.25) is 19.2 Å². The van der Waals surface area contributed by atoms with Crippen LogP contribution in [-0.2, 0) is 44.0 Å². The van der Waals surface area contributed by atoms with Gasteiger partial charge in [0.15, 0.2) is 0 Å². The Morgan fingerprint density at radius 1 is 0.344 bits per heavy atom. The number of carbonyl (C=O) groups is 4. The molecule has 8 aliphatic rings. The minimum Gasteiger partial charge on any atom is -0.370 e. The fraction of sp³-hybridized carbons (Fsp3) is 0.448. The van der Waals surface area contributed by atoms with Crippen molar-refractivity contribution in [3.63, 3.8) is 0 Å². The third-order valence-electron chi connectivity index (χ3n) is 25.5. The Balaban J connectivity index is 0.000000120. The van der Waals surface area contributed by atoms with Crippen LogP contribution in [0.15, 0.2) is 135 Å². The van der Waals surface area contributed by atoms with E-state index in [-0.39, 0.29) is 129 Å². The summed E-state index contributed by atoms with van der Waals surface area (Å²) in [6, 6.07) is 15.3. The quantitative estimate of drug-likeness (QED) is 0.0916. The number of hydrogen-bond acceptors (Lipinski definition) is 18. The molecule has 0 bridgehead atoms. The maximum Gasteiger partial charge on any atom is 0.418 e. The van der Waals surface area contributed by atoms with E-state index in [4.69, 9.17) is 0 Å². The van der Waals surface area contributed by atoms with E-state index in [0.29, 0.717) is 127 Å². The number of rotatable bonds is 14. The van der Waals surface area contributed by atoms with Crippen molar-refractivity contribution < 1.29 is 85.0 Å². The molecular weight excluding hydrogens is 1700 g/mol. The van der Waals surface area contributed by atoms with E-state index in [1.165, 1.54) is 30.2 Å². The van der Waals surface area contributed by atoms with Crippen molar-refractivity contribution in [2.24, 2.45) is 47.3 Å². The number of carbonyl (C=O) groups excluding carboxylic acids is 4. The second-order valence-corrected chi connectivity index (χ2v) is 34.2. The first-order valence-electron chi connectivity index (χ1n) is 42.3. The Hall–Kier alpha value is -12.5. The minimum absolute atomic E-state index is 0.00962. The van der Waals surface area contributed by atoms with Gasteiger partial charge in [-0.25, -0.2) is 51.2 Å². The highest BCUT2D eigenvalue weighted by Crippen LogP contribution is 2.52. The van der Waals surface area contributed by atoms with Crippen LogP contribution in [0.2, 0.25) is 0 Å². The molecule has 8 aromatic heterocycles. The molecule has 672 valence electrons. The molecule has 4 aromatic carbocycles. The molecule has 14 heterocycles. The number of halogens is 15. The van der Waals surface area contributed by atoms with Gasteiger partial charge in [-0.15, -0.1) is 20.4 Å². The lowest BCUT2D eigenvalue weighted by Crippen LogP contribution is -2.34. The molecule has 6 aliphatic heterocycles. The van der Waals surface area contributed by atoms with Gasteiger partial charge in [0.1, 0.15) is 17.5 Å². The summed E-state index contributed by atoms with van der Waals surface area (Å²) in [6.07, 6.45) is 3.27. The smallest absolute Gasteiger partial charge is 0.370 e. The standard InChI is InChI=1S/C23H23F4N5O.C22H22F4N6O.C22H23F3N6O.C20H17F4N5O/c1-2-3-13-9-28-22-29-20(30-32(22)10-13)21(33)31-11-15-6-14(7-16(15)12-31)18-8-17(24)4-5-19(18)23(25,26)27;1-2-3-13-7-27-21-28-19(29-32(21)8-13)20(33)31-11-14-9-30(10-15(14)12-31)18-6-16(23)4-5-17(18)22(24,25)26;1-2-5-14-8-26-21-27-19(28-31(21)9-14)20(32)30-12-15-10-29(11-16(15)13-30)18-7-4-3-6-17(18)22(23,24)25;21-14-2-3-16(20(22,23)24)15(8-14)11-6-12-9-28(10-13(12)7-11)18(30)17-26-19-25-4-1-5-29(19)27-17/h4-5,8-10,14-16H,2-3,6-7,11-12H2,1H3;4-8,14-15H,2-3,9-12H2,1H3;3-4,6-9,15-16H,2,5,10-13H2,1H3;1-5,8,11-13H,6-7,9-10H2/t14?,15-,16+;14-,15+;15-,16+;11?,12-,13+. The van der Waals surface area contributed by atoms with E-state index in [0.717, 1.165) is 116 Å². The highest BCUT2D eigenvalue weighted by Gasteiger charge is 2.51. The molecule has 2 unspecified atom stereocenters. The number of amides is 4. The first-order chi connectivity index (χ1) is 61.1. The predicted octanol–water partition coefficient (Wildman–Crippen LogP) is 14.8. The van der Waals surface area contributed by atoms with Gasteiger partial charge < -0.3 is 29.4 Å². The summed E-state index contributed by atoms with van der Waals surface area (Å²) >= 11 is 0. The Labute approximate surface area is 720 Å². The Morgan fingerprint density at radius 3 is 0.992 bits per heavy atom. The zero-order valence-electron chi connectivity index (χ0n) is 69.2. The number of fused-ring (bicyclic) bond motifs is 8. The van der Waals surface area contributed by atoms with Crippen molar-refractivity contribution in [3.05, 3.63) is 225 Å². The van der Waals surface area contributed by atoms with E-state index < -0.39 is 64.4 Å². The van der Waals surface area contributed by atoms with Gasteiger partial charge in [-0.2, -0.15) is 72.6 Å². The lowest BCUT2D eigenvalue weighted by atomic mass is 9.91. The number of anilines is 2. The summed E-state index contributed by atoms with van der Waals surface area (Å²) in [5.41, 5.74) is 0.124. The monoisotopic (exact) mass is 1790 g/mol. The average molecular weight is 1790 g/mol. The van der Waals surface area contributed by atoms with Crippen LogP contribution in [0.3, 0.4) is 0 Å². The van der Waals surface area contributed by atoms with Crippen molar-refractivity contribution in [3.8, 4) is 0 Å². The molecule has 6 saturated heterocycles. The van der Waals surface area contributed by atoms with Crippen molar-refractivity contribution in [1.82, 2.24) is 97.9 Å². The van der Waals surface area contributed by atoms with E-state index in [9.17, 15) is 85.0 Å². The fourth-order valence-corrected chi connectivity index (χ4v) is 19.8. The zero-order valence-corrected chi connectivity index (χ0v) is 69.2. The molecule has 2 aliphatic carbocycles. The van der Waals surface area contributed by atoms with Crippen LogP contribution >= 0.6 is 0 Å². The summed E-state index contributed by atoms with van der Waals surface area (Å²) in [4.78, 5) is 95.5. The topological polar surface area (TPSA) is 260 Å². The van der Waals surface area contributed by atoms with Gasteiger partial charge in [0.05, 0.1) is 27.9 Å². The van der Waals surface area contributed by atoms with Crippen LogP contribution < -0.4 is 9.80 Å². The van der Waals surface area contributed by atoms with Gasteiger partial charge in [0, 0.05) is 157 Å². The summed E-state index contributed by atoms with van der Waals surface area (Å²) in [7, 11) is 0. The van der Waals surface area contributed by atoms with E-state index >= 15 is 0 Å². The normalized spacial score (nSPS) is 22.0. The second kappa shape index (κ2) is 34.9. The largest absolute Gasteiger partial charge is 0.418 e. The molecule has 2 saturated carbocycles. The molecule has 26 nitrogen and oxygen atoms in total. The van der Waals surface area contributed by atoms with Gasteiger partial charge >= 0.3 is 24.7 Å². The molecule has 41 heteroatoms. The number of hydrogen-bond donors (Lipinski definition) is 0. The number of aromatic nitrogens is 16. The molecule has 10 atom stereocenters. The highest BCUT2D eigenvalue weighted by molar-refractivity contribution is 5.93. The van der Waals surface area contributed by atoms with E-state index in [2.05, 4.69) is 81.0 Å². The van der Waals surface area contributed by atoms with E-state index in [1.807, 2.05) is 18.6 Å². The van der Waals surface area contributed by atoms with Gasteiger partial charge in [-0.1, -0.05) is 52.2 Å². The van der Waals surface area contributed by atoms with Crippen molar-refractivity contribution >= 4 is 58.1 Å². The minimum atomic E-state index is -4.57. The third kappa shape index (κ3) is 18.3. The first kappa shape index (κ1) is 87.6. The Bertz CT molecular complexity index is 5900. The number of alkyl halides is 12. The molecule has 0 radical (unpaired) electrons. The summed E-state index contributed by atoms with van der Waals surface area (Å²) in [5.74, 6) is -1.83. The lowest BCUT2D eigenvalue weighted by Gasteiger charge is -2.25. The SMILES string of the molecule is CCCc1cnc2nc(C(=O)N3C[C@@H]4CN(c5cc(F)ccc5C(F)(F)F)C[C@@H]4C3)nn2c1.CCCc1cnc2nc(C(=O)N3C[C@@H]4CN(c5ccccc5C(F)(F)F)C[C@@H]4C3)nn2c1.CCCc1cnc2nc(C(=O)N3C[C@H]4CC(c5cc(F)ccc5C(F)(F)F)C[C@H]4C3)nn2c1.O=C(c1nc2ncccn2n1)N1C[C@H]2CC(c3cc(F)ccc3C(F)(F)F)C[C@H]2C1. The van der Waals surface area contributed by atoms with Crippen LogP contribution in [0.4, 0.5) is 77.2 Å². The first-order valence-corrected chi connectivity index (χ1v) is 42.3. The van der Waals surface area contributed by atoms with Crippen molar-refractivity contribution in [1.29, 1.82) is 0 Å². The molecule has 8 fully saturated rings.